The number of H-pyrrole nitrogens is 1. The molecule has 3 aromatic rings. The number of carboxylic acid groups (broad SMARTS) is 1. The number of carboxylic acids is 1. The van der Waals surface area contributed by atoms with Crippen LogP contribution in [0.5, 0.6) is 5.88 Å². The summed E-state index contributed by atoms with van der Waals surface area (Å²) in [5.74, 6) is -2.32. The molecule has 2 N–H and O–H groups in total. The number of carbonyl (C=O) groups is 2. The monoisotopic (exact) mass is 565 g/mol. The highest BCUT2D eigenvalue weighted by Crippen LogP contribution is 2.20. The number of aryl methyl sites for hydroxylation is 1. The van der Waals surface area contributed by atoms with E-state index in [4.69, 9.17) is 14.6 Å². The number of hydrogen-bond donors (Lipinski definition) is 2. The number of benzene rings is 1. The highest BCUT2D eigenvalue weighted by Gasteiger charge is 2.38. The van der Waals surface area contributed by atoms with Gasteiger partial charge >= 0.3 is 12.1 Å². The van der Waals surface area contributed by atoms with E-state index >= 15 is 0 Å². The van der Waals surface area contributed by atoms with Crippen molar-refractivity contribution in [3.8, 4) is 5.88 Å². The number of anilines is 1. The van der Waals surface area contributed by atoms with Crippen LogP contribution in [-0.4, -0.2) is 76.5 Å². The van der Waals surface area contributed by atoms with Crippen LogP contribution >= 0.6 is 0 Å². The van der Waals surface area contributed by atoms with Gasteiger partial charge in [-0.2, -0.15) is 23.3 Å². The molecule has 0 bridgehead atoms. The third-order valence-electron chi connectivity index (χ3n) is 6.01. The Hall–Kier alpha value is -4.49. The van der Waals surface area contributed by atoms with E-state index in [1.807, 2.05) is 19.1 Å². The first-order chi connectivity index (χ1) is 18.9. The normalized spacial score (nSPS) is 13.3. The van der Waals surface area contributed by atoms with Crippen molar-refractivity contribution in [2.45, 2.75) is 25.9 Å². The number of nitrogens with zero attached hydrogens (tertiary/aromatic N) is 4. The summed E-state index contributed by atoms with van der Waals surface area (Å²) in [5.41, 5.74) is 1.89. The molecule has 0 aliphatic carbocycles. The van der Waals surface area contributed by atoms with E-state index in [9.17, 15) is 27.2 Å². The van der Waals surface area contributed by atoms with Gasteiger partial charge in [0, 0.05) is 44.2 Å². The summed E-state index contributed by atoms with van der Waals surface area (Å²) in [6.07, 6.45) is -4.10. The maximum absolute atomic E-state index is 14.6. The molecule has 1 fully saturated rings. The number of alkyl halides is 3. The van der Waals surface area contributed by atoms with Gasteiger partial charge in [0.15, 0.2) is 0 Å². The van der Waals surface area contributed by atoms with Crippen LogP contribution in [0.25, 0.3) is 0 Å². The van der Waals surface area contributed by atoms with Gasteiger partial charge in [0.2, 0.25) is 5.88 Å². The summed E-state index contributed by atoms with van der Waals surface area (Å²) in [7, 11) is 1.57. The van der Waals surface area contributed by atoms with E-state index in [-0.39, 0.29) is 17.0 Å². The molecule has 1 aliphatic rings. The van der Waals surface area contributed by atoms with Gasteiger partial charge in [-0.1, -0.05) is 19.1 Å². The van der Waals surface area contributed by atoms with Crippen molar-refractivity contribution in [1.29, 1.82) is 0 Å². The van der Waals surface area contributed by atoms with E-state index in [2.05, 4.69) is 20.1 Å². The Morgan fingerprint density at radius 1 is 1.10 bits per heavy atom. The molecule has 0 spiro atoms. The van der Waals surface area contributed by atoms with Crippen molar-refractivity contribution in [1.82, 2.24) is 20.1 Å². The van der Waals surface area contributed by atoms with Crippen LogP contribution in [0.3, 0.4) is 0 Å². The average Bonchev–Trinajstić information content (AvgIpc) is 2.94. The number of rotatable bonds is 6. The Balaban J connectivity index is 0.000000559. The zero-order valence-electron chi connectivity index (χ0n) is 21.7. The van der Waals surface area contributed by atoms with E-state index in [1.54, 1.807) is 36.3 Å². The first-order valence-corrected chi connectivity index (χ1v) is 12.1. The van der Waals surface area contributed by atoms with Gasteiger partial charge in [-0.15, -0.1) is 0 Å². The number of aliphatic carboxylic acids is 1. The van der Waals surface area contributed by atoms with Crippen molar-refractivity contribution in [2.24, 2.45) is 0 Å². The smallest absolute Gasteiger partial charge is 0.481 e. The summed E-state index contributed by atoms with van der Waals surface area (Å²) >= 11 is 0. The molecule has 0 saturated carbocycles. The lowest BCUT2D eigenvalue weighted by Crippen LogP contribution is -2.49. The Morgan fingerprint density at radius 3 is 2.38 bits per heavy atom. The van der Waals surface area contributed by atoms with Crippen LogP contribution in [0.1, 0.15) is 34.1 Å². The van der Waals surface area contributed by atoms with Crippen molar-refractivity contribution in [3.05, 3.63) is 81.0 Å². The number of piperazine rings is 1. The van der Waals surface area contributed by atoms with Gasteiger partial charge in [-0.3, -0.25) is 9.59 Å². The maximum Gasteiger partial charge on any atom is 0.490 e. The number of carbonyl (C=O) groups excluding carboxylic acids is 1. The lowest BCUT2D eigenvalue weighted by atomic mass is 10.0. The molecule has 40 heavy (non-hydrogen) atoms. The summed E-state index contributed by atoms with van der Waals surface area (Å²) in [4.78, 5) is 41.9. The van der Waals surface area contributed by atoms with Gasteiger partial charge in [0.25, 0.3) is 11.5 Å². The zero-order valence-corrected chi connectivity index (χ0v) is 21.7. The second kappa shape index (κ2) is 13.0. The molecule has 0 unspecified atom stereocenters. The van der Waals surface area contributed by atoms with E-state index < -0.39 is 18.0 Å². The Kier molecular flexibility index (Phi) is 9.80. The van der Waals surface area contributed by atoms with Gasteiger partial charge in [-0.05, 0) is 36.2 Å². The molecule has 0 atom stereocenters. The number of aromatic amines is 1. The molecule has 3 heterocycles. The first kappa shape index (κ1) is 30.1. The summed E-state index contributed by atoms with van der Waals surface area (Å²) in [6.45, 7) is 4.00. The molecule has 10 nitrogen and oxygen atoms in total. The summed E-state index contributed by atoms with van der Waals surface area (Å²) in [5, 5.41) is 13.7. The fourth-order valence-corrected chi connectivity index (χ4v) is 3.90. The summed E-state index contributed by atoms with van der Waals surface area (Å²) < 4.78 is 51.5. The Morgan fingerprint density at radius 2 is 1.77 bits per heavy atom. The quantitative estimate of drug-likeness (QED) is 0.437. The minimum Gasteiger partial charge on any atom is -0.481 e. The molecular formula is C26H27F4N5O5. The number of halogens is 4. The van der Waals surface area contributed by atoms with Gasteiger partial charge in [-0.25, -0.2) is 14.3 Å². The van der Waals surface area contributed by atoms with Crippen LogP contribution in [0.15, 0.2) is 47.3 Å². The molecule has 4 rings (SSSR count). The maximum atomic E-state index is 14.6. The second-order valence-electron chi connectivity index (χ2n) is 8.68. The predicted molar refractivity (Wildman–Crippen MR) is 136 cm³/mol. The highest BCUT2D eigenvalue weighted by atomic mass is 19.4. The fourth-order valence-electron chi connectivity index (χ4n) is 3.90. The number of pyridine rings is 1. The predicted octanol–water partition coefficient (Wildman–Crippen LogP) is 3.06. The third-order valence-corrected chi connectivity index (χ3v) is 6.01. The molecule has 1 amide bonds. The SMILES string of the molecule is CCc1cc(Cc2ccc(F)c(C(=O)N3CCN(c4cccc(OC)n4)CC3)c2)n[nH]c1=O.O=C(O)C(F)(F)F. The first-order valence-electron chi connectivity index (χ1n) is 12.1. The van der Waals surface area contributed by atoms with Gasteiger partial charge in [0.05, 0.1) is 18.4 Å². The molecule has 1 saturated heterocycles. The van der Waals surface area contributed by atoms with E-state index in [0.29, 0.717) is 56.2 Å². The standard InChI is InChI=1S/C24H26FN5O3.C2HF3O2/c1-3-17-15-18(27-28-23(17)31)13-16-7-8-20(25)19(14-16)24(32)30-11-9-29(10-12-30)21-5-4-6-22(26-21)33-2;3-2(4,5)1(6)7/h4-8,14-15H,3,9-13H2,1-2H3,(H,28,31);(H,6,7). The zero-order chi connectivity index (χ0) is 29.4. The van der Waals surface area contributed by atoms with Crippen LogP contribution in [-0.2, 0) is 17.6 Å². The molecule has 2 aromatic heterocycles. The van der Waals surface area contributed by atoms with Crippen LogP contribution < -0.4 is 15.2 Å². The second-order valence-corrected chi connectivity index (χ2v) is 8.68. The van der Waals surface area contributed by atoms with Crippen molar-refractivity contribution >= 4 is 17.7 Å². The number of amides is 1. The molecule has 214 valence electrons. The van der Waals surface area contributed by atoms with Crippen molar-refractivity contribution in [3.63, 3.8) is 0 Å². The minimum atomic E-state index is -5.08. The molecule has 14 heteroatoms. The number of ether oxygens (including phenoxy) is 1. The van der Waals surface area contributed by atoms with Crippen LogP contribution in [0, 0.1) is 5.82 Å². The number of methoxy groups -OCH3 is 1. The average molecular weight is 566 g/mol. The lowest BCUT2D eigenvalue weighted by molar-refractivity contribution is -0.192. The van der Waals surface area contributed by atoms with Crippen LogP contribution in [0.2, 0.25) is 0 Å². The Bertz CT molecular complexity index is 1400. The fraction of sp³-hybridized carbons (Fsp3) is 0.346. The van der Waals surface area contributed by atoms with Gasteiger partial charge < -0.3 is 19.6 Å². The largest absolute Gasteiger partial charge is 0.490 e. The topological polar surface area (TPSA) is 129 Å². The van der Waals surface area contributed by atoms with E-state index in [1.165, 1.54) is 6.07 Å². The Labute approximate surface area is 226 Å². The number of nitrogens with one attached hydrogen (secondary N) is 1. The van der Waals surface area contributed by atoms with Gasteiger partial charge in [0.1, 0.15) is 11.6 Å². The lowest BCUT2D eigenvalue weighted by Gasteiger charge is -2.35. The number of hydrogen-bond acceptors (Lipinski definition) is 7. The number of aromatic nitrogens is 3. The summed E-state index contributed by atoms with van der Waals surface area (Å²) in [6, 6.07) is 11.8. The molecule has 0 radical (unpaired) electrons. The van der Waals surface area contributed by atoms with Crippen LogP contribution in [0.4, 0.5) is 23.4 Å². The highest BCUT2D eigenvalue weighted by molar-refractivity contribution is 5.95. The third kappa shape index (κ3) is 7.77. The van der Waals surface area contributed by atoms with Crippen molar-refractivity contribution < 1.29 is 37.0 Å². The molecular weight excluding hydrogens is 538 g/mol. The molecule has 1 aliphatic heterocycles. The molecule has 1 aromatic carbocycles. The van der Waals surface area contributed by atoms with Crippen molar-refractivity contribution in [2.75, 3.05) is 38.2 Å². The minimum absolute atomic E-state index is 0.0422. The van der Waals surface area contributed by atoms with E-state index in [0.717, 1.165) is 11.4 Å².